The Labute approximate surface area is 364 Å². The molecule has 62 heavy (non-hydrogen) atoms. The average molecular weight is 937 g/mol. The van der Waals surface area contributed by atoms with E-state index in [0.29, 0.717) is 37.7 Å². The molecule has 1 N–H and O–H groups in total. The molecule has 1 amide bonds. The standard InChI is InChI=1S/C40H52F3N6O9PSSi2/c1-25-17-27(36-30(18-25)48-35(52-2)24-44-36)37-49-29-19-28(41)32(20-34(29)60-37)57-33-21-40(42,43)10-9-31(33)58-39(50)47-26-22-45-38(46-23-26)53-11-12-54-59(51,55-13-15-61(3,4)5)56-14-16-62(6,7)8/h17-20,22-24,31,33H,9-16,21H2,1-8H3,(H,47,50)/t31-,33+/m1/s1. The smallest absolute Gasteiger partial charge is 0.474 e. The van der Waals surface area contributed by atoms with E-state index in [2.05, 4.69) is 69.5 Å². The summed E-state index contributed by atoms with van der Waals surface area (Å²) < 4.78 is 97.9. The zero-order chi connectivity index (χ0) is 44.9. The van der Waals surface area contributed by atoms with Crippen molar-refractivity contribution >= 4 is 68.3 Å². The van der Waals surface area contributed by atoms with E-state index in [1.807, 2.05) is 19.1 Å². The van der Waals surface area contributed by atoms with Crippen LogP contribution in [0.15, 0.2) is 42.9 Å². The van der Waals surface area contributed by atoms with Crippen LogP contribution in [0.2, 0.25) is 51.4 Å². The summed E-state index contributed by atoms with van der Waals surface area (Å²) in [6.07, 6.45) is -1.10. The van der Waals surface area contributed by atoms with Crippen LogP contribution in [0.1, 0.15) is 24.8 Å². The molecule has 1 aliphatic rings. The number of rotatable bonds is 19. The number of phosphoric acid groups is 1. The second kappa shape index (κ2) is 19.6. The number of nitrogens with zero attached hydrogens (tertiary/aromatic N) is 5. The number of amides is 1. The number of carbonyl (C=O) groups is 1. The van der Waals surface area contributed by atoms with Crippen molar-refractivity contribution in [2.45, 2.75) is 95.7 Å². The summed E-state index contributed by atoms with van der Waals surface area (Å²) in [7, 11) is -5.24. The van der Waals surface area contributed by atoms with E-state index in [1.165, 1.54) is 49.2 Å². The van der Waals surface area contributed by atoms with Crippen LogP contribution in [0.3, 0.4) is 0 Å². The van der Waals surface area contributed by atoms with Crippen molar-refractivity contribution in [3.8, 4) is 28.2 Å². The third-order valence-corrected chi connectivity index (χ3v) is 15.5. The predicted molar refractivity (Wildman–Crippen MR) is 236 cm³/mol. The van der Waals surface area contributed by atoms with Gasteiger partial charge in [0.05, 0.1) is 78.9 Å². The number of alkyl halides is 2. The molecule has 3 heterocycles. The number of phosphoric ester groups is 1. The number of thiazole rings is 1. The molecule has 22 heteroatoms. The summed E-state index contributed by atoms with van der Waals surface area (Å²) in [6.45, 7) is 15.3. The van der Waals surface area contributed by atoms with Crippen LogP contribution in [0.25, 0.3) is 31.8 Å². The van der Waals surface area contributed by atoms with Gasteiger partial charge in [0.15, 0.2) is 11.6 Å². The van der Waals surface area contributed by atoms with Gasteiger partial charge in [0.1, 0.15) is 23.8 Å². The molecule has 0 radical (unpaired) electrons. The molecule has 6 rings (SSSR count). The quantitative estimate of drug-likeness (QED) is 0.0470. The second-order valence-electron chi connectivity index (χ2n) is 17.4. The Morgan fingerprint density at radius 1 is 0.887 bits per heavy atom. The molecule has 15 nitrogen and oxygen atoms in total. The molecule has 0 bridgehead atoms. The van der Waals surface area contributed by atoms with Crippen LogP contribution in [0, 0.1) is 12.7 Å². The summed E-state index contributed by atoms with van der Waals surface area (Å²) in [5.74, 6) is -3.89. The number of methoxy groups -OCH3 is 1. The van der Waals surface area contributed by atoms with Crippen LogP contribution >= 0.6 is 19.2 Å². The molecule has 3 aromatic heterocycles. The van der Waals surface area contributed by atoms with Crippen molar-refractivity contribution in [2.75, 3.05) is 38.9 Å². The first-order valence-electron chi connectivity index (χ1n) is 20.1. The van der Waals surface area contributed by atoms with Crippen molar-refractivity contribution in [1.82, 2.24) is 24.9 Å². The fourth-order valence-corrected chi connectivity index (χ4v) is 10.1. The molecule has 0 unspecified atom stereocenters. The number of benzene rings is 2. The summed E-state index contributed by atoms with van der Waals surface area (Å²) in [5.41, 5.74) is 3.21. The fourth-order valence-electron chi connectivity index (χ4n) is 6.19. The van der Waals surface area contributed by atoms with E-state index in [-0.39, 0.29) is 50.3 Å². The van der Waals surface area contributed by atoms with Crippen molar-refractivity contribution in [3.05, 3.63) is 54.2 Å². The Hall–Kier alpha value is -4.25. The lowest BCUT2D eigenvalue weighted by atomic mass is 9.91. The van der Waals surface area contributed by atoms with E-state index < -0.39 is 66.9 Å². The van der Waals surface area contributed by atoms with Gasteiger partial charge in [-0.25, -0.2) is 47.5 Å². The monoisotopic (exact) mass is 936 g/mol. The van der Waals surface area contributed by atoms with Crippen LogP contribution in [0.4, 0.5) is 23.7 Å². The van der Waals surface area contributed by atoms with Crippen LogP contribution in [-0.2, 0) is 22.9 Å². The number of halogens is 3. The molecule has 5 aromatic rings. The van der Waals surface area contributed by atoms with Gasteiger partial charge in [-0.15, -0.1) is 11.3 Å². The third-order valence-electron chi connectivity index (χ3n) is 9.54. The average Bonchev–Trinajstić information content (AvgIpc) is 3.59. The minimum absolute atomic E-state index is 0.0572. The van der Waals surface area contributed by atoms with Gasteiger partial charge < -0.3 is 18.9 Å². The molecule has 2 atom stereocenters. The third kappa shape index (κ3) is 13.4. The van der Waals surface area contributed by atoms with Gasteiger partial charge in [0.25, 0.3) is 5.92 Å². The SMILES string of the molecule is COc1cnc2c(-c3nc4cc(F)c(O[C@H]5CC(F)(F)CC[C@H]5OC(=O)Nc5cnc(OCCOP(=O)(OCC[Si](C)(C)C)OCC[Si](C)(C)C)nc5)cc4s3)cc(C)cc2n1. The zero-order valence-electron chi connectivity index (χ0n) is 36.0. The number of carbonyl (C=O) groups excluding carboxylic acids is 1. The second-order valence-corrected chi connectivity index (χ2v) is 31.3. The topological polar surface area (TPSA) is 175 Å². The van der Waals surface area contributed by atoms with E-state index in [9.17, 15) is 18.1 Å². The van der Waals surface area contributed by atoms with Crippen molar-refractivity contribution in [2.24, 2.45) is 0 Å². The maximum absolute atomic E-state index is 15.5. The number of ether oxygens (including phenoxy) is 4. The Kier molecular flexibility index (Phi) is 15.0. The maximum atomic E-state index is 15.5. The Bertz CT molecular complexity index is 2380. The van der Waals surface area contributed by atoms with E-state index >= 15 is 4.39 Å². The molecule has 1 saturated carbocycles. The van der Waals surface area contributed by atoms with Gasteiger partial charge in [-0.2, -0.15) is 0 Å². The molecule has 0 spiro atoms. The highest BCUT2D eigenvalue weighted by atomic mass is 32.1. The molecule has 1 aliphatic carbocycles. The molecule has 0 saturated heterocycles. The number of aryl methyl sites for hydroxylation is 1. The molecule has 0 aliphatic heterocycles. The first-order chi connectivity index (χ1) is 29.2. The Morgan fingerprint density at radius 2 is 1.56 bits per heavy atom. The molecular weight excluding hydrogens is 885 g/mol. The van der Waals surface area contributed by atoms with Crippen molar-refractivity contribution in [1.29, 1.82) is 0 Å². The summed E-state index contributed by atoms with van der Waals surface area (Å²) in [5, 5.41) is 3.02. The largest absolute Gasteiger partial charge is 0.483 e. The van der Waals surface area contributed by atoms with Crippen molar-refractivity contribution in [3.63, 3.8) is 0 Å². The fraction of sp³-hybridized carbons (Fsp3) is 0.500. The lowest BCUT2D eigenvalue weighted by molar-refractivity contribution is -0.114. The van der Waals surface area contributed by atoms with Gasteiger partial charge in [0.2, 0.25) is 5.88 Å². The van der Waals surface area contributed by atoms with E-state index in [1.54, 1.807) is 0 Å². The highest BCUT2D eigenvalue weighted by molar-refractivity contribution is 7.48. The molecular formula is C40H52F3N6O9PSSi2. The summed E-state index contributed by atoms with van der Waals surface area (Å²) in [6, 6.07) is 7.86. The lowest BCUT2D eigenvalue weighted by Gasteiger charge is -2.35. The summed E-state index contributed by atoms with van der Waals surface area (Å²) >= 11 is 1.25. The maximum Gasteiger partial charge on any atom is 0.474 e. The van der Waals surface area contributed by atoms with Crippen LogP contribution < -0.4 is 19.5 Å². The number of aromatic nitrogens is 5. The van der Waals surface area contributed by atoms with Gasteiger partial charge >= 0.3 is 19.9 Å². The predicted octanol–water partition coefficient (Wildman–Crippen LogP) is 10.5. The minimum atomic E-state index is -3.83. The first-order valence-corrected chi connectivity index (χ1v) is 29.8. The number of fused-ring (bicyclic) bond motifs is 2. The van der Waals surface area contributed by atoms with Gasteiger partial charge in [-0.05, 0) is 43.1 Å². The summed E-state index contributed by atoms with van der Waals surface area (Å²) in [4.78, 5) is 34.8. The lowest BCUT2D eigenvalue weighted by Crippen LogP contribution is -2.45. The molecule has 2 aromatic carbocycles. The Balaban J connectivity index is 1.05. The van der Waals surface area contributed by atoms with Crippen LogP contribution in [-0.4, -0.2) is 98.8 Å². The van der Waals surface area contributed by atoms with Crippen LogP contribution in [0.5, 0.6) is 17.6 Å². The van der Waals surface area contributed by atoms with Gasteiger partial charge in [0, 0.05) is 40.3 Å². The zero-order valence-corrected chi connectivity index (χ0v) is 39.7. The number of hydrogen-bond donors (Lipinski definition) is 1. The molecule has 1 fully saturated rings. The highest BCUT2D eigenvalue weighted by Gasteiger charge is 2.45. The van der Waals surface area contributed by atoms with Gasteiger partial charge in [-0.1, -0.05) is 39.3 Å². The van der Waals surface area contributed by atoms with E-state index in [4.69, 9.17) is 32.5 Å². The molecule has 336 valence electrons. The number of nitrogens with one attached hydrogen (secondary N) is 1. The first kappa shape index (κ1) is 47.2. The number of anilines is 1. The van der Waals surface area contributed by atoms with Crippen molar-refractivity contribution < 1.29 is 55.0 Å². The minimum Gasteiger partial charge on any atom is -0.483 e. The normalized spacial score (nSPS) is 17.0. The van der Waals surface area contributed by atoms with Gasteiger partial charge in [-0.3, -0.25) is 18.9 Å². The highest BCUT2D eigenvalue weighted by Crippen LogP contribution is 2.50. The van der Waals surface area contributed by atoms with E-state index in [0.717, 1.165) is 17.7 Å². The number of hydrogen-bond acceptors (Lipinski definition) is 15. The Morgan fingerprint density at radius 3 is 2.23 bits per heavy atom.